The van der Waals surface area contributed by atoms with E-state index in [1.807, 2.05) is 56.3 Å². The molecule has 2 amide bonds. The van der Waals surface area contributed by atoms with Gasteiger partial charge in [-0.15, -0.1) is 0 Å². The first-order valence-corrected chi connectivity index (χ1v) is 9.24. The molecule has 0 saturated heterocycles. The van der Waals surface area contributed by atoms with Crippen molar-refractivity contribution in [3.05, 3.63) is 65.2 Å². The minimum absolute atomic E-state index is 0.0407. The Morgan fingerprint density at radius 2 is 1.81 bits per heavy atom. The molecular formula is C22H28N2O3. The first-order chi connectivity index (χ1) is 13.0. The van der Waals surface area contributed by atoms with Crippen molar-refractivity contribution in [1.29, 1.82) is 0 Å². The smallest absolute Gasteiger partial charge is 0.227 e. The summed E-state index contributed by atoms with van der Waals surface area (Å²) in [5.41, 5.74) is 4.02. The van der Waals surface area contributed by atoms with E-state index in [-0.39, 0.29) is 11.8 Å². The fourth-order valence-corrected chi connectivity index (χ4v) is 2.84. The quantitative estimate of drug-likeness (QED) is 0.691. The molecule has 5 heteroatoms. The van der Waals surface area contributed by atoms with E-state index in [0.29, 0.717) is 32.5 Å². The van der Waals surface area contributed by atoms with Gasteiger partial charge >= 0.3 is 0 Å². The number of nitrogens with one attached hydrogen (secondary N) is 1. The Morgan fingerprint density at radius 1 is 1.07 bits per heavy atom. The van der Waals surface area contributed by atoms with E-state index in [1.165, 1.54) is 5.56 Å². The third-order valence-corrected chi connectivity index (χ3v) is 4.27. The van der Waals surface area contributed by atoms with Gasteiger partial charge in [-0.1, -0.05) is 48.9 Å². The molecule has 2 aromatic rings. The molecule has 2 rings (SSSR count). The highest BCUT2D eigenvalue weighted by molar-refractivity contribution is 5.93. The average Bonchev–Trinajstić information content (AvgIpc) is 2.66. The van der Waals surface area contributed by atoms with Gasteiger partial charge in [0, 0.05) is 25.8 Å². The Hall–Kier alpha value is -2.66. The molecule has 0 heterocycles. The predicted octanol–water partition coefficient (Wildman–Crippen LogP) is 3.24. The number of anilines is 1. The molecule has 0 aromatic heterocycles. The summed E-state index contributed by atoms with van der Waals surface area (Å²) in [6.45, 7) is 5.44. The fourth-order valence-electron chi connectivity index (χ4n) is 2.84. The molecule has 144 valence electrons. The zero-order valence-corrected chi connectivity index (χ0v) is 16.3. The third kappa shape index (κ3) is 6.53. The van der Waals surface area contributed by atoms with Crippen LogP contribution in [-0.2, 0) is 27.3 Å². The van der Waals surface area contributed by atoms with E-state index in [9.17, 15) is 9.59 Å². The van der Waals surface area contributed by atoms with Gasteiger partial charge in [-0.25, -0.2) is 0 Å². The van der Waals surface area contributed by atoms with Crippen LogP contribution in [0.5, 0.6) is 0 Å². The van der Waals surface area contributed by atoms with Gasteiger partial charge < -0.3 is 15.0 Å². The second-order valence-electron chi connectivity index (χ2n) is 6.51. The number of benzene rings is 2. The van der Waals surface area contributed by atoms with Crippen LogP contribution in [0.4, 0.5) is 5.69 Å². The number of carbonyl (C=O) groups is 2. The lowest BCUT2D eigenvalue weighted by molar-refractivity contribution is -0.120. The number of hydrogen-bond donors (Lipinski definition) is 1. The molecular weight excluding hydrogens is 340 g/mol. The van der Waals surface area contributed by atoms with E-state index < -0.39 is 0 Å². The molecule has 0 radical (unpaired) electrons. The van der Waals surface area contributed by atoms with Gasteiger partial charge in [-0.2, -0.15) is 0 Å². The maximum atomic E-state index is 12.5. The van der Waals surface area contributed by atoms with Crippen LogP contribution in [-0.4, -0.2) is 32.1 Å². The maximum absolute atomic E-state index is 12.5. The van der Waals surface area contributed by atoms with Gasteiger partial charge in [0.25, 0.3) is 0 Å². The molecule has 0 fully saturated rings. The normalized spacial score (nSPS) is 10.5. The zero-order chi connectivity index (χ0) is 19.6. The van der Waals surface area contributed by atoms with E-state index >= 15 is 0 Å². The van der Waals surface area contributed by atoms with Crippen molar-refractivity contribution in [3.8, 4) is 0 Å². The highest BCUT2D eigenvalue weighted by Crippen LogP contribution is 2.20. The van der Waals surface area contributed by atoms with Crippen molar-refractivity contribution in [2.45, 2.75) is 33.2 Å². The lowest BCUT2D eigenvalue weighted by atomic mass is 10.1. The summed E-state index contributed by atoms with van der Waals surface area (Å²) in [6, 6.07) is 15.8. The predicted molar refractivity (Wildman–Crippen MR) is 108 cm³/mol. The van der Waals surface area contributed by atoms with Crippen molar-refractivity contribution < 1.29 is 14.3 Å². The lowest BCUT2D eigenvalue weighted by Gasteiger charge is -2.23. The van der Waals surface area contributed by atoms with Gasteiger partial charge in [0.1, 0.15) is 0 Å². The minimum Gasteiger partial charge on any atom is -0.383 e. The summed E-state index contributed by atoms with van der Waals surface area (Å²) in [4.78, 5) is 26.2. The average molecular weight is 368 g/mol. The number of aryl methyl sites for hydroxylation is 1. The number of amides is 2. The number of carbonyl (C=O) groups excluding carboxylic acids is 2. The molecule has 1 N–H and O–H groups in total. The zero-order valence-electron chi connectivity index (χ0n) is 16.3. The monoisotopic (exact) mass is 368 g/mol. The van der Waals surface area contributed by atoms with Crippen LogP contribution < -0.4 is 10.2 Å². The van der Waals surface area contributed by atoms with Crippen LogP contribution in [0, 0.1) is 6.92 Å². The Balaban J connectivity index is 2.08. The molecule has 0 aliphatic carbocycles. The van der Waals surface area contributed by atoms with Crippen LogP contribution in [0.2, 0.25) is 0 Å². The fraction of sp³-hybridized carbons (Fsp3) is 0.364. The molecule has 0 spiro atoms. The standard InChI is InChI=1S/C22H28N2O3/c1-4-22(26)24(16-19-7-5-6-17(2)14-19)20-10-8-18(9-11-20)15-21(25)23-12-13-27-3/h5-11,14H,4,12-13,15-16H2,1-3H3,(H,23,25). The Labute approximate surface area is 161 Å². The molecule has 0 atom stereocenters. The molecule has 0 saturated carbocycles. The van der Waals surface area contributed by atoms with Crippen molar-refractivity contribution in [2.75, 3.05) is 25.2 Å². The van der Waals surface area contributed by atoms with Gasteiger partial charge in [0.05, 0.1) is 19.6 Å². The molecule has 27 heavy (non-hydrogen) atoms. The number of hydrogen-bond acceptors (Lipinski definition) is 3. The summed E-state index contributed by atoms with van der Waals surface area (Å²) in [6.07, 6.45) is 0.749. The van der Waals surface area contributed by atoms with E-state index in [1.54, 1.807) is 12.0 Å². The summed E-state index contributed by atoms with van der Waals surface area (Å²) >= 11 is 0. The molecule has 2 aromatic carbocycles. The number of rotatable bonds is 9. The van der Waals surface area contributed by atoms with Crippen molar-refractivity contribution in [3.63, 3.8) is 0 Å². The van der Waals surface area contributed by atoms with Crippen LogP contribution in [0.3, 0.4) is 0 Å². The molecule has 0 unspecified atom stereocenters. The number of methoxy groups -OCH3 is 1. The Kier molecular flexibility index (Phi) is 8.01. The summed E-state index contributed by atoms with van der Waals surface area (Å²) in [5, 5.41) is 2.81. The second kappa shape index (κ2) is 10.5. The highest BCUT2D eigenvalue weighted by Gasteiger charge is 2.15. The number of ether oxygens (including phenoxy) is 1. The molecule has 0 aliphatic rings. The van der Waals surface area contributed by atoms with E-state index in [0.717, 1.165) is 16.8 Å². The Bertz CT molecular complexity index is 756. The van der Waals surface area contributed by atoms with E-state index in [2.05, 4.69) is 11.4 Å². The second-order valence-corrected chi connectivity index (χ2v) is 6.51. The van der Waals surface area contributed by atoms with Gasteiger partial charge in [-0.05, 0) is 30.2 Å². The van der Waals surface area contributed by atoms with E-state index in [4.69, 9.17) is 4.74 Å². The van der Waals surface area contributed by atoms with Crippen LogP contribution in [0.15, 0.2) is 48.5 Å². The molecule has 0 bridgehead atoms. The van der Waals surface area contributed by atoms with Crippen molar-refractivity contribution >= 4 is 17.5 Å². The van der Waals surface area contributed by atoms with Crippen molar-refractivity contribution in [1.82, 2.24) is 5.32 Å². The van der Waals surface area contributed by atoms with Crippen LogP contribution in [0.1, 0.15) is 30.0 Å². The highest BCUT2D eigenvalue weighted by atomic mass is 16.5. The lowest BCUT2D eigenvalue weighted by Crippen LogP contribution is -2.30. The first-order valence-electron chi connectivity index (χ1n) is 9.24. The number of nitrogens with zero attached hydrogens (tertiary/aromatic N) is 1. The summed E-state index contributed by atoms with van der Waals surface area (Å²) in [7, 11) is 1.60. The topological polar surface area (TPSA) is 58.6 Å². The third-order valence-electron chi connectivity index (χ3n) is 4.27. The summed E-state index contributed by atoms with van der Waals surface area (Å²) < 4.78 is 4.92. The van der Waals surface area contributed by atoms with Crippen molar-refractivity contribution in [2.24, 2.45) is 0 Å². The largest absolute Gasteiger partial charge is 0.383 e. The molecule has 5 nitrogen and oxygen atoms in total. The van der Waals surface area contributed by atoms with Gasteiger partial charge in [-0.3, -0.25) is 9.59 Å². The van der Waals surface area contributed by atoms with Gasteiger partial charge in [0.15, 0.2) is 0 Å². The molecule has 0 aliphatic heterocycles. The van der Waals surface area contributed by atoms with Crippen LogP contribution in [0.25, 0.3) is 0 Å². The van der Waals surface area contributed by atoms with Crippen LogP contribution >= 0.6 is 0 Å². The minimum atomic E-state index is -0.0407. The van der Waals surface area contributed by atoms with Gasteiger partial charge in [0.2, 0.25) is 11.8 Å². The first kappa shape index (κ1) is 20.6. The SMILES string of the molecule is CCC(=O)N(Cc1cccc(C)c1)c1ccc(CC(=O)NCCOC)cc1. The maximum Gasteiger partial charge on any atom is 0.227 e. The summed E-state index contributed by atoms with van der Waals surface area (Å²) in [5.74, 6) is 0.0302. The Morgan fingerprint density at radius 3 is 2.44 bits per heavy atom.